The van der Waals surface area contributed by atoms with Crippen molar-refractivity contribution in [3.8, 4) is 0 Å². The third-order valence-electron chi connectivity index (χ3n) is 2.69. The minimum absolute atomic E-state index is 0.257. The molecule has 0 bridgehead atoms. The SMILES string of the molecule is CCOC(=O)c1cc2[nH]c(=O)c(=O)n(C)c2cc1Br. The van der Waals surface area contributed by atoms with Gasteiger partial charge in [-0.3, -0.25) is 9.59 Å². The second-order valence-electron chi connectivity index (χ2n) is 3.89. The van der Waals surface area contributed by atoms with Crippen molar-refractivity contribution in [2.45, 2.75) is 6.92 Å². The van der Waals surface area contributed by atoms with Gasteiger partial charge in [0, 0.05) is 11.5 Å². The van der Waals surface area contributed by atoms with Gasteiger partial charge in [0.15, 0.2) is 0 Å². The quantitative estimate of drug-likeness (QED) is 0.663. The molecule has 1 heterocycles. The van der Waals surface area contributed by atoms with Gasteiger partial charge in [-0.2, -0.15) is 0 Å². The van der Waals surface area contributed by atoms with E-state index in [-0.39, 0.29) is 6.61 Å². The Hall–Kier alpha value is -1.89. The van der Waals surface area contributed by atoms with Crippen molar-refractivity contribution in [1.29, 1.82) is 0 Å². The van der Waals surface area contributed by atoms with Gasteiger partial charge in [-0.15, -0.1) is 0 Å². The summed E-state index contributed by atoms with van der Waals surface area (Å²) < 4.78 is 6.64. The zero-order valence-corrected chi connectivity index (χ0v) is 11.9. The Balaban J connectivity index is 2.77. The van der Waals surface area contributed by atoms with Crippen molar-refractivity contribution >= 4 is 32.9 Å². The standard InChI is InChI=1S/C12H11BrN2O4/c1-3-19-12(18)6-4-8-9(5-7(6)13)15(2)11(17)10(16)14-8/h4-5H,3H2,1-2H3,(H,14,16). The predicted octanol–water partition coefficient (Wildman–Crippen LogP) is 1.17. The Morgan fingerprint density at radius 1 is 1.42 bits per heavy atom. The number of nitrogens with one attached hydrogen (secondary N) is 1. The van der Waals surface area contributed by atoms with Crippen LogP contribution in [0, 0.1) is 0 Å². The topological polar surface area (TPSA) is 81.2 Å². The zero-order valence-electron chi connectivity index (χ0n) is 10.3. The predicted molar refractivity (Wildman–Crippen MR) is 73.5 cm³/mol. The lowest BCUT2D eigenvalue weighted by Crippen LogP contribution is -2.34. The van der Waals surface area contributed by atoms with E-state index in [1.165, 1.54) is 17.7 Å². The normalized spacial score (nSPS) is 10.7. The van der Waals surface area contributed by atoms with Gasteiger partial charge < -0.3 is 14.3 Å². The van der Waals surface area contributed by atoms with E-state index in [0.717, 1.165) is 0 Å². The molecule has 1 aromatic carbocycles. The summed E-state index contributed by atoms with van der Waals surface area (Å²) in [5, 5.41) is 0. The van der Waals surface area contributed by atoms with Gasteiger partial charge in [0.2, 0.25) is 0 Å². The molecule has 2 rings (SSSR count). The number of carbonyl (C=O) groups excluding carboxylic acids is 1. The molecule has 7 heteroatoms. The van der Waals surface area contributed by atoms with Crippen molar-refractivity contribution in [3.63, 3.8) is 0 Å². The van der Waals surface area contributed by atoms with Crippen LogP contribution in [-0.4, -0.2) is 22.1 Å². The second kappa shape index (κ2) is 5.00. The fourth-order valence-electron chi connectivity index (χ4n) is 1.74. The van der Waals surface area contributed by atoms with Crippen LogP contribution in [0.15, 0.2) is 26.2 Å². The highest BCUT2D eigenvalue weighted by Gasteiger charge is 2.14. The van der Waals surface area contributed by atoms with Gasteiger partial charge in [-0.05, 0) is 35.0 Å². The smallest absolute Gasteiger partial charge is 0.339 e. The maximum Gasteiger partial charge on any atom is 0.339 e. The summed E-state index contributed by atoms with van der Waals surface area (Å²) in [5.74, 6) is -0.494. The number of aryl methyl sites for hydroxylation is 1. The number of aromatic amines is 1. The first kappa shape index (κ1) is 13.5. The molecule has 0 saturated heterocycles. The number of esters is 1. The van der Waals surface area contributed by atoms with Crippen LogP contribution in [0.2, 0.25) is 0 Å². The highest BCUT2D eigenvalue weighted by atomic mass is 79.9. The van der Waals surface area contributed by atoms with E-state index in [2.05, 4.69) is 20.9 Å². The molecule has 0 aliphatic heterocycles. The molecule has 6 nitrogen and oxygen atoms in total. The summed E-state index contributed by atoms with van der Waals surface area (Å²) in [6.45, 7) is 1.96. The minimum Gasteiger partial charge on any atom is -0.462 e. The number of hydrogen-bond donors (Lipinski definition) is 1. The number of aromatic nitrogens is 2. The van der Waals surface area contributed by atoms with Crippen molar-refractivity contribution in [1.82, 2.24) is 9.55 Å². The molecule has 0 unspecified atom stereocenters. The van der Waals surface area contributed by atoms with E-state index in [0.29, 0.717) is 21.1 Å². The van der Waals surface area contributed by atoms with Gasteiger partial charge in [-0.25, -0.2) is 4.79 Å². The van der Waals surface area contributed by atoms with Crippen LogP contribution in [-0.2, 0) is 11.8 Å². The Morgan fingerprint density at radius 3 is 2.74 bits per heavy atom. The van der Waals surface area contributed by atoms with Crippen molar-refractivity contribution in [2.75, 3.05) is 6.61 Å². The highest BCUT2D eigenvalue weighted by molar-refractivity contribution is 9.10. The number of benzene rings is 1. The number of ether oxygens (including phenoxy) is 1. The van der Waals surface area contributed by atoms with E-state index >= 15 is 0 Å². The Kier molecular flexibility index (Phi) is 3.57. The van der Waals surface area contributed by atoms with Crippen LogP contribution in [0.3, 0.4) is 0 Å². The minimum atomic E-state index is -0.730. The number of hydrogen-bond acceptors (Lipinski definition) is 4. The number of H-pyrrole nitrogens is 1. The molecule has 0 amide bonds. The number of halogens is 1. The Bertz CT molecular complexity index is 776. The van der Waals surface area contributed by atoms with E-state index in [1.54, 1.807) is 13.0 Å². The van der Waals surface area contributed by atoms with Crippen molar-refractivity contribution in [2.24, 2.45) is 7.05 Å². The summed E-state index contributed by atoms with van der Waals surface area (Å²) in [6.07, 6.45) is 0. The molecule has 0 fully saturated rings. The fourth-order valence-corrected chi connectivity index (χ4v) is 2.24. The molecule has 1 aromatic heterocycles. The van der Waals surface area contributed by atoms with Gasteiger partial charge in [-0.1, -0.05) is 0 Å². The molecule has 0 spiro atoms. The van der Waals surface area contributed by atoms with Crippen molar-refractivity contribution in [3.05, 3.63) is 42.9 Å². The summed E-state index contributed by atoms with van der Waals surface area (Å²) >= 11 is 3.26. The third kappa shape index (κ3) is 2.33. The van der Waals surface area contributed by atoms with Crippen LogP contribution in [0.4, 0.5) is 0 Å². The molecule has 19 heavy (non-hydrogen) atoms. The number of rotatable bonds is 2. The molecule has 0 atom stereocenters. The molecular formula is C12H11BrN2O4. The van der Waals surface area contributed by atoms with E-state index < -0.39 is 17.1 Å². The lowest BCUT2D eigenvalue weighted by molar-refractivity contribution is 0.0525. The number of carbonyl (C=O) groups is 1. The molecule has 2 aromatic rings. The van der Waals surface area contributed by atoms with Crippen LogP contribution >= 0.6 is 15.9 Å². The first-order chi connectivity index (χ1) is 8.95. The van der Waals surface area contributed by atoms with Gasteiger partial charge in [0.05, 0.1) is 23.2 Å². The maximum atomic E-state index is 11.7. The summed E-state index contributed by atoms with van der Waals surface area (Å²) in [6, 6.07) is 3.08. The highest BCUT2D eigenvalue weighted by Crippen LogP contribution is 2.22. The monoisotopic (exact) mass is 326 g/mol. The number of fused-ring (bicyclic) bond motifs is 1. The van der Waals surface area contributed by atoms with Crippen molar-refractivity contribution < 1.29 is 9.53 Å². The average molecular weight is 327 g/mol. The van der Waals surface area contributed by atoms with E-state index in [1.807, 2.05) is 0 Å². The molecule has 0 aliphatic rings. The molecule has 100 valence electrons. The third-order valence-corrected chi connectivity index (χ3v) is 3.35. The van der Waals surface area contributed by atoms with E-state index in [9.17, 15) is 14.4 Å². The summed E-state index contributed by atoms with van der Waals surface area (Å²) in [4.78, 5) is 37.1. The zero-order chi connectivity index (χ0) is 14.2. The lowest BCUT2D eigenvalue weighted by Gasteiger charge is -2.08. The van der Waals surface area contributed by atoms with Crippen LogP contribution in [0.5, 0.6) is 0 Å². The Morgan fingerprint density at radius 2 is 2.11 bits per heavy atom. The van der Waals surface area contributed by atoms with Crippen LogP contribution in [0.25, 0.3) is 11.0 Å². The average Bonchev–Trinajstić information content (AvgIpc) is 2.37. The van der Waals surface area contributed by atoms with Gasteiger partial charge in [0.25, 0.3) is 0 Å². The van der Waals surface area contributed by atoms with Gasteiger partial charge >= 0.3 is 17.1 Å². The molecular weight excluding hydrogens is 316 g/mol. The molecule has 0 aliphatic carbocycles. The van der Waals surface area contributed by atoms with Gasteiger partial charge in [0.1, 0.15) is 0 Å². The van der Waals surface area contributed by atoms with E-state index in [4.69, 9.17) is 4.74 Å². The summed E-state index contributed by atoms with van der Waals surface area (Å²) in [7, 11) is 1.50. The van der Waals surface area contributed by atoms with Crippen LogP contribution in [0.1, 0.15) is 17.3 Å². The number of nitrogens with zero attached hydrogens (tertiary/aromatic N) is 1. The second-order valence-corrected chi connectivity index (χ2v) is 4.74. The summed E-state index contributed by atoms with van der Waals surface area (Å²) in [5.41, 5.74) is -0.165. The Labute approximate surface area is 116 Å². The maximum absolute atomic E-state index is 11.7. The fraction of sp³-hybridized carbons (Fsp3) is 0.250. The molecule has 1 N–H and O–H groups in total. The molecule has 0 saturated carbocycles. The first-order valence-corrected chi connectivity index (χ1v) is 6.34. The first-order valence-electron chi connectivity index (χ1n) is 5.55. The van der Waals surface area contributed by atoms with Crippen LogP contribution < -0.4 is 11.1 Å². The lowest BCUT2D eigenvalue weighted by atomic mass is 10.2. The largest absolute Gasteiger partial charge is 0.462 e. The molecule has 0 radical (unpaired) electrons.